The average Bonchev–Trinajstić information content (AvgIpc) is 2.70. The van der Waals surface area contributed by atoms with Crippen LogP contribution in [0.4, 0.5) is 0 Å². The van der Waals surface area contributed by atoms with E-state index in [1.54, 1.807) is 0 Å². The third-order valence-electron chi connectivity index (χ3n) is 2.79. The van der Waals surface area contributed by atoms with Gasteiger partial charge in [-0.2, -0.15) is 5.10 Å². The van der Waals surface area contributed by atoms with Gasteiger partial charge in [0.15, 0.2) is 5.69 Å². The van der Waals surface area contributed by atoms with Crippen LogP contribution in [-0.2, 0) is 10.0 Å². The van der Waals surface area contributed by atoms with Gasteiger partial charge in [0.1, 0.15) is 4.90 Å². The first-order valence-corrected chi connectivity index (χ1v) is 7.59. The van der Waals surface area contributed by atoms with Gasteiger partial charge in [-0.25, -0.2) is 17.9 Å². The lowest BCUT2D eigenvalue weighted by atomic mass is 10.0. The summed E-state index contributed by atoms with van der Waals surface area (Å²) >= 11 is 0. The van der Waals surface area contributed by atoms with Crippen molar-refractivity contribution in [3.05, 3.63) is 11.4 Å². The van der Waals surface area contributed by atoms with E-state index in [0.717, 1.165) is 0 Å². The molecular weight excluding hydrogens is 286 g/mol. The zero-order valence-electron chi connectivity index (χ0n) is 11.6. The number of nitrogens with zero attached hydrogens (tertiary/aromatic N) is 1. The largest absolute Gasteiger partial charge is 0.476 e. The zero-order valence-corrected chi connectivity index (χ0v) is 12.4. The minimum Gasteiger partial charge on any atom is -0.476 e. The van der Waals surface area contributed by atoms with E-state index in [9.17, 15) is 18.3 Å². The Balaban J connectivity index is 3.01. The molecule has 0 fully saturated rings. The number of rotatable bonds is 7. The number of hydrogen-bond donors (Lipinski definition) is 4. The Morgan fingerprint density at radius 2 is 2.10 bits per heavy atom. The number of sulfonamides is 1. The first-order valence-electron chi connectivity index (χ1n) is 6.11. The lowest BCUT2D eigenvalue weighted by molar-refractivity contribution is 0.0554. The van der Waals surface area contributed by atoms with Crippen molar-refractivity contribution >= 4 is 16.0 Å². The van der Waals surface area contributed by atoms with E-state index in [4.69, 9.17) is 5.11 Å². The summed E-state index contributed by atoms with van der Waals surface area (Å²) in [6, 6.07) is 0. The highest BCUT2D eigenvalue weighted by Crippen LogP contribution is 2.18. The number of carboxylic acids is 1. The molecule has 1 aromatic rings. The van der Waals surface area contributed by atoms with Gasteiger partial charge in [0, 0.05) is 6.54 Å². The Bertz CT molecular complexity index is 591. The molecule has 0 amide bonds. The summed E-state index contributed by atoms with van der Waals surface area (Å²) in [6.07, 6.45) is 1.12. The van der Waals surface area contributed by atoms with Crippen molar-refractivity contribution in [3.8, 4) is 0 Å². The number of aryl methyl sites for hydroxylation is 1. The normalized spacial score (nSPS) is 15.0. The number of hydrogen-bond acceptors (Lipinski definition) is 5. The molecule has 8 nitrogen and oxygen atoms in total. The molecule has 4 N–H and O–H groups in total. The molecule has 1 aromatic heterocycles. The Morgan fingerprint density at radius 3 is 2.60 bits per heavy atom. The Hall–Kier alpha value is -1.45. The molecule has 20 heavy (non-hydrogen) atoms. The number of carbonyl (C=O) groups is 1. The van der Waals surface area contributed by atoms with Crippen LogP contribution in [0, 0.1) is 6.92 Å². The standard InChI is InChI=1S/C11H19N3O5S/c1-4-5-11(3,17)6-12-20(18,19)9-7(2)13-14-8(9)10(15)16/h12,17H,4-6H2,1-3H3,(H,13,14)(H,15,16). The van der Waals surface area contributed by atoms with Gasteiger partial charge >= 0.3 is 5.97 Å². The number of aromatic carboxylic acids is 1. The molecule has 0 saturated carbocycles. The number of aliphatic hydroxyl groups is 1. The van der Waals surface area contributed by atoms with Crippen molar-refractivity contribution in [3.63, 3.8) is 0 Å². The van der Waals surface area contributed by atoms with Gasteiger partial charge in [-0.15, -0.1) is 0 Å². The van der Waals surface area contributed by atoms with Crippen LogP contribution in [-0.4, -0.2) is 46.9 Å². The van der Waals surface area contributed by atoms with Gasteiger partial charge in [-0.1, -0.05) is 13.3 Å². The monoisotopic (exact) mass is 305 g/mol. The fourth-order valence-electron chi connectivity index (χ4n) is 1.84. The van der Waals surface area contributed by atoms with Crippen LogP contribution in [0.15, 0.2) is 4.90 Å². The minimum absolute atomic E-state index is 0.130. The molecule has 0 aliphatic heterocycles. The summed E-state index contributed by atoms with van der Waals surface area (Å²) in [5.74, 6) is -1.44. The van der Waals surface area contributed by atoms with E-state index in [0.29, 0.717) is 12.8 Å². The van der Waals surface area contributed by atoms with Crippen LogP contribution in [0.25, 0.3) is 0 Å². The van der Waals surface area contributed by atoms with Gasteiger partial charge in [0.2, 0.25) is 10.0 Å². The second-order valence-corrected chi connectivity index (χ2v) is 6.61. The third-order valence-corrected chi connectivity index (χ3v) is 4.36. The molecule has 0 aliphatic rings. The van der Waals surface area contributed by atoms with E-state index >= 15 is 0 Å². The van der Waals surface area contributed by atoms with Crippen molar-refractivity contribution in [2.75, 3.05) is 6.54 Å². The summed E-state index contributed by atoms with van der Waals surface area (Å²) in [5.41, 5.74) is -1.63. The lowest BCUT2D eigenvalue weighted by Crippen LogP contribution is -2.40. The van der Waals surface area contributed by atoms with E-state index in [2.05, 4.69) is 14.9 Å². The van der Waals surface area contributed by atoms with E-state index < -0.39 is 32.2 Å². The predicted molar refractivity (Wildman–Crippen MR) is 71.0 cm³/mol. The molecule has 0 bridgehead atoms. The SMILES string of the molecule is CCCC(C)(O)CNS(=O)(=O)c1c(C(=O)O)n[nH]c1C. The van der Waals surface area contributed by atoms with Crippen molar-refractivity contribution in [2.45, 2.75) is 44.1 Å². The second-order valence-electron chi connectivity index (χ2n) is 4.90. The summed E-state index contributed by atoms with van der Waals surface area (Å²) in [6.45, 7) is 4.59. The van der Waals surface area contributed by atoms with E-state index in [1.807, 2.05) is 6.92 Å². The number of H-pyrrole nitrogens is 1. The zero-order chi connectivity index (χ0) is 15.6. The predicted octanol–water partition coefficient (Wildman–Crippen LogP) is 0.246. The first kappa shape index (κ1) is 16.6. The Kier molecular flexibility index (Phi) is 4.90. The van der Waals surface area contributed by atoms with Crippen LogP contribution in [0.1, 0.15) is 42.9 Å². The third kappa shape index (κ3) is 3.78. The number of aromatic amines is 1. The molecule has 0 spiro atoms. The van der Waals surface area contributed by atoms with Crippen molar-refractivity contribution in [2.24, 2.45) is 0 Å². The van der Waals surface area contributed by atoms with Crippen molar-refractivity contribution in [1.29, 1.82) is 0 Å². The Labute approximate surface area is 117 Å². The molecule has 0 aliphatic carbocycles. The van der Waals surface area contributed by atoms with Gasteiger partial charge in [-0.3, -0.25) is 5.10 Å². The number of aromatic nitrogens is 2. The molecule has 0 saturated heterocycles. The Morgan fingerprint density at radius 1 is 1.50 bits per heavy atom. The second kappa shape index (κ2) is 5.90. The highest BCUT2D eigenvalue weighted by atomic mass is 32.2. The fourth-order valence-corrected chi connectivity index (χ4v) is 3.32. The van der Waals surface area contributed by atoms with Crippen LogP contribution in [0.2, 0.25) is 0 Å². The average molecular weight is 305 g/mol. The van der Waals surface area contributed by atoms with Crippen LogP contribution < -0.4 is 4.72 Å². The molecule has 9 heteroatoms. The highest BCUT2D eigenvalue weighted by Gasteiger charge is 2.30. The fraction of sp³-hybridized carbons (Fsp3) is 0.636. The van der Waals surface area contributed by atoms with Gasteiger partial charge in [0.05, 0.1) is 11.3 Å². The summed E-state index contributed by atoms with van der Waals surface area (Å²) in [4.78, 5) is 10.6. The first-order chi connectivity index (χ1) is 9.10. The molecule has 1 atom stereocenters. The quantitative estimate of drug-likeness (QED) is 0.570. The maximum Gasteiger partial charge on any atom is 0.357 e. The maximum absolute atomic E-state index is 12.1. The van der Waals surface area contributed by atoms with Crippen molar-refractivity contribution in [1.82, 2.24) is 14.9 Å². The molecular formula is C11H19N3O5S. The van der Waals surface area contributed by atoms with Crippen molar-refractivity contribution < 1.29 is 23.4 Å². The lowest BCUT2D eigenvalue weighted by Gasteiger charge is -2.22. The maximum atomic E-state index is 12.1. The van der Waals surface area contributed by atoms with Crippen LogP contribution in [0.5, 0.6) is 0 Å². The molecule has 1 rings (SSSR count). The van der Waals surface area contributed by atoms with Crippen LogP contribution in [0.3, 0.4) is 0 Å². The molecule has 0 aromatic carbocycles. The number of carboxylic acid groups (broad SMARTS) is 1. The van der Waals surface area contributed by atoms with E-state index in [-0.39, 0.29) is 12.2 Å². The van der Waals surface area contributed by atoms with E-state index in [1.165, 1.54) is 13.8 Å². The van der Waals surface area contributed by atoms with Gasteiger partial charge in [0.25, 0.3) is 0 Å². The summed E-state index contributed by atoms with van der Waals surface area (Å²) in [7, 11) is -4.06. The van der Waals surface area contributed by atoms with Gasteiger partial charge in [-0.05, 0) is 20.3 Å². The minimum atomic E-state index is -4.06. The van der Waals surface area contributed by atoms with Gasteiger partial charge < -0.3 is 10.2 Å². The number of nitrogens with one attached hydrogen (secondary N) is 2. The molecule has 114 valence electrons. The molecule has 0 radical (unpaired) electrons. The summed E-state index contributed by atoms with van der Waals surface area (Å²) < 4.78 is 26.5. The van der Waals surface area contributed by atoms with Crippen LogP contribution >= 0.6 is 0 Å². The highest BCUT2D eigenvalue weighted by molar-refractivity contribution is 7.89. The molecule has 1 unspecified atom stereocenters. The molecule has 1 heterocycles. The summed E-state index contributed by atoms with van der Waals surface area (Å²) in [5, 5.41) is 24.7. The topological polar surface area (TPSA) is 132 Å². The smallest absolute Gasteiger partial charge is 0.357 e.